The lowest BCUT2D eigenvalue weighted by molar-refractivity contribution is 0.0955. The zero-order valence-electron chi connectivity index (χ0n) is 12.3. The number of nitrogens with zero attached hydrogens (tertiary/aromatic N) is 1. The van der Waals surface area contributed by atoms with Crippen molar-refractivity contribution in [2.24, 2.45) is 5.10 Å². The van der Waals surface area contributed by atoms with Crippen LogP contribution in [0.15, 0.2) is 40.8 Å². The summed E-state index contributed by atoms with van der Waals surface area (Å²) in [6.07, 6.45) is 1.78. The molecule has 0 atom stereocenters. The fourth-order valence-corrected chi connectivity index (χ4v) is 2.47. The Labute approximate surface area is 128 Å². The predicted octanol–water partition coefficient (Wildman–Crippen LogP) is 3.61. The minimum atomic E-state index is -0.239. The first-order chi connectivity index (χ1) is 10.1. The van der Waals surface area contributed by atoms with E-state index >= 15 is 0 Å². The third-order valence-electron chi connectivity index (χ3n) is 2.74. The van der Waals surface area contributed by atoms with Crippen molar-refractivity contribution in [3.8, 4) is 5.75 Å². The van der Waals surface area contributed by atoms with Gasteiger partial charge in [-0.3, -0.25) is 4.79 Å². The summed E-state index contributed by atoms with van der Waals surface area (Å²) in [5, 5.41) is 5.97. The highest BCUT2D eigenvalue weighted by Gasteiger charge is 2.05. The fourth-order valence-electron chi connectivity index (χ4n) is 1.69. The summed E-state index contributed by atoms with van der Waals surface area (Å²) in [6.45, 7) is 5.93. The lowest BCUT2D eigenvalue weighted by Gasteiger charge is -2.09. The predicted molar refractivity (Wildman–Crippen MR) is 86.3 cm³/mol. The number of carbonyl (C=O) groups excluding carboxylic acids is 1. The topological polar surface area (TPSA) is 50.7 Å². The smallest absolute Gasteiger partial charge is 0.271 e. The number of aryl methyl sites for hydroxylation is 1. The van der Waals surface area contributed by atoms with Gasteiger partial charge in [-0.1, -0.05) is 0 Å². The van der Waals surface area contributed by atoms with E-state index in [2.05, 4.69) is 10.5 Å². The Balaban J connectivity index is 1.94. The number of hydrogen-bond donors (Lipinski definition) is 1. The van der Waals surface area contributed by atoms with E-state index in [1.165, 1.54) is 0 Å². The Morgan fingerprint density at radius 3 is 2.57 bits per heavy atom. The van der Waals surface area contributed by atoms with Gasteiger partial charge in [0, 0.05) is 10.4 Å². The molecular weight excluding hydrogens is 284 g/mol. The van der Waals surface area contributed by atoms with Crippen LogP contribution in [-0.4, -0.2) is 18.2 Å². The molecule has 0 aliphatic carbocycles. The van der Waals surface area contributed by atoms with Crippen LogP contribution < -0.4 is 10.2 Å². The fraction of sp³-hybridized carbons (Fsp3) is 0.250. The van der Waals surface area contributed by atoms with Gasteiger partial charge in [0.15, 0.2) is 0 Å². The van der Waals surface area contributed by atoms with E-state index in [0.717, 1.165) is 16.2 Å². The number of amides is 1. The lowest BCUT2D eigenvalue weighted by Crippen LogP contribution is -2.17. The molecule has 0 fully saturated rings. The van der Waals surface area contributed by atoms with Crippen molar-refractivity contribution >= 4 is 23.5 Å². The Kier molecular flexibility index (Phi) is 5.11. The highest BCUT2D eigenvalue weighted by atomic mass is 32.1. The maximum atomic E-state index is 11.9. The van der Waals surface area contributed by atoms with Crippen LogP contribution in [0.1, 0.15) is 34.6 Å². The van der Waals surface area contributed by atoms with Crippen LogP contribution in [0.3, 0.4) is 0 Å². The molecule has 0 aliphatic rings. The molecule has 0 spiro atoms. The van der Waals surface area contributed by atoms with E-state index in [4.69, 9.17) is 4.74 Å². The Morgan fingerprint density at radius 2 is 2.00 bits per heavy atom. The molecule has 1 aromatic carbocycles. The van der Waals surface area contributed by atoms with E-state index < -0.39 is 0 Å². The Morgan fingerprint density at radius 1 is 1.29 bits per heavy atom. The summed E-state index contributed by atoms with van der Waals surface area (Å²) in [4.78, 5) is 13.0. The molecule has 0 saturated heterocycles. The normalized spacial score (nSPS) is 11.0. The van der Waals surface area contributed by atoms with Gasteiger partial charge in [-0.2, -0.15) is 5.10 Å². The highest BCUT2D eigenvalue weighted by Crippen LogP contribution is 2.14. The van der Waals surface area contributed by atoms with E-state index in [-0.39, 0.29) is 12.0 Å². The van der Waals surface area contributed by atoms with Gasteiger partial charge >= 0.3 is 0 Å². The van der Waals surface area contributed by atoms with E-state index in [9.17, 15) is 4.79 Å². The van der Waals surface area contributed by atoms with Gasteiger partial charge in [0.1, 0.15) is 5.75 Å². The minimum Gasteiger partial charge on any atom is -0.491 e. The van der Waals surface area contributed by atoms with Gasteiger partial charge in [-0.15, -0.1) is 11.3 Å². The number of benzene rings is 1. The quantitative estimate of drug-likeness (QED) is 0.677. The molecule has 5 heteroatoms. The van der Waals surface area contributed by atoms with E-state index in [0.29, 0.717) is 5.56 Å². The van der Waals surface area contributed by atoms with Crippen LogP contribution in [0.2, 0.25) is 0 Å². The summed E-state index contributed by atoms with van der Waals surface area (Å²) in [6, 6.07) is 9.02. The molecule has 1 heterocycles. The van der Waals surface area contributed by atoms with Crippen molar-refractivity contribution in [3.05, 3.63) is 51.7 Å². The van der Waals surface area contributed by atoms with Gasteiger partial charge in [0.2, 0.25) is 0 Å². The number of nitrogens with one attached hydrogen (secondary N) is 1. The van der Waals surface area contributed by atoms with Crippen molar-refractivity contribution in [1.82, 2.24) is 5.43 Å². The van der Waals surface area contributed by atoms with Gasteiger partial charge < -0.3 is 4.74 Å². The molecule has 1 amide bonds. The van der Waals surface area contributed by atoms with Gasteiger partial charge in [-0.25, -0.2) is 5.43 Å². The van der Waals surface area contributed by atoms with Crippen LogP contribution in [-0.2, 0) is 0 Å². The number of ether oxygens (including phenoxy) is 1. The first kappa shape index (κ1) is 15.3. The maximum absolute atomic E-state index is 11.9. The number of thiophene rings is 1. The first-order valence-corrected chi connectivity index (χ1v) is 7.58. The molecule has 2 rings (SSSR count). The third-order valence-corrected chi connectivity index (χ3v) is 3.69. The molecule has 0 radical (unpaired) electrons. The van der Waals surface area contributed by atoms with Crippen molar-refractivity contribution in [3.63, 3.8) is 0 Å². The summed E-state index contributed by atoms with van der Waals surface area (Å²) >= 11 is 1.59. The largest absolute Gasteiger partial charge is 0.491 e. The van der Waals surface area contributed by atoms with Crippen molar-refractivity contribution in [2.45, 2.75) is 26.9 Å². The van der Waals surface area contributed by atoms with Crippen LogP contribution in [0.5, 0.6) is 5.75 Å². The third kappa shape index (κ3) is 4.43. The summed E-state index contributed by atoms with van der Waals surface area (Å²) in [5.74, 6) is 0.510. The average molecular weight is 302 g/mol. The molecule has 0 unspecified atom stereocenters. The standard InChI is InChI=1S/C16H18N2O2S/c1-11(2)20-14-6-4-13(5-7-14)16(19)18-17-10-15-12(3)8-9-21-15/h4-11H,1-3H3,(H,18,19)/b17-10-. The first-order valence-electron chi connectivity index (χ1n) is 6.70. The molecule has 21 heavy (non-hydrogen) atoms. The second-order valence-corrected chi connectivity index (χ2v) is 5.81. The van der Waals surface area contributed by atoms with Crippen LogP contribution in [0, 0.1) is 6.92 Å². The molecule has 4 nitrogen and oxygen atoms in total. The molecule has 110 valence electrons. The highest BCUT2D eigenvalue weighted by molar-refractivity contribution is 7.11. The summed E-state index contributed by atoms with van der Waals surface area (Å²) in [7, 11) is 0. The number of carbonyl (C=O) groups is 1. The van der Waals surface area contributed by atoms with Crippen molar-refractivity contribution in [2.75, 3.05) is 0 Å². The Hall–Kier alpha value is -2.14. The zero-order valence-corrected chi connectivity index (χ0v) is 13.1. The summed E-state index contributed by atoms with van der Waals surface area (Å²) in [5.41, 5.74) is 4.21. The Bertz CT molecular complexity index is 630. The summed E-state index contributed by atoms with van der Waals surface area (Å²) < 4.78 is 5.53. The monoisotopic (exact) mass is 302 g/mol. The van der Waals surface area contributed by atoms with Crippen molar-refractivity contribution in [1.29, 1.82) is 0 Å². The molecule has 0 bridgehead atoms. The van der Waals surface area contributed by atoms with Crippen LogP contribution in [0.4, 0.5) is 0 Å². The SMILES string of the molecule is Cc1ccsc1/C=N\NC(=O)c1ccc(OC(C)C)cc1. The second-order valence-electron chi connectivity index (χ2n) is 4.86. The van der Waals surface area contributed by atoms with Crippen LogP contribution in [0.25, 0.3) is 0 Å². The average Bonchev–Trinajstić information content (AvgIpc) is 2.84. The molecule has 1 N–H and O–H groups in total. The van der Waals surface area contributed by atoms with Crippen molar-refractivity contribution < 1.29 is 9.53 Å². The van der Waals surface area contributed by atoms with Gasteiger partial charge in [0.25, 0.3) is 5.91 Å². The van der Waals surface area contributed by atoms with E-state index in [1.54, 1.807) is 41.8 Å². The van der Waals surface area contributed by atoms with Crippen LogP contribution >= 0.6 is 11.3 Å². The molecule has 1 aromatic heterocycles. The number of hydrogen-bond acceptors (Lipinski definition) is 4. The zero-order chi connectivity index (χ0) is 15.2. The second kappa shape index (κ2) is 7.04. The molecular formula is C16H18N2O2S. The molecule has 0 saturated carbocycles. The van der Waals surface area contributed by atoms with Gasteiger partial charge in [-0.05, 0) is 62.0 Å². The number of rotatable bonds is 5. The lowest BCUT2D eigenvalue weighted by atomic mass is 10.2. The minimum absolute atomic E-state index is 0.114. The molecule has 0 aliphatic heterocycles. The number of hydrazone groups is 1. The van der Waals surface area contributed by atoms with Gasteiger partial charge in [0.05, 0.1) is 12.3 Å². The molecule has 2 aromatic rings. The maximum Gasteiger partial charge on any atom is 0.271 e. The van der Waals surface area contributed by atoms with E-state index in [1.807, 2.05) is 32.2 Å².